The van der Waals surface area contributed by atoms with Crippen molar-refractivity contribution in [2.24, 2.45) is 0 Å². The Morgan fingerprint density at radius 2 is 1.89 bits per heavy atom. The summed E-state index contributed by atoms with van der Waals surface area (Å²) in [6.45, 7) is 5.03. The van der Waals surface area contributed by atoms with Gasteiger partial charge in [-0.05, 0) is 26.8 Å². The summed E-state index contributed by atoms with van der Waals surface area (Å²) in [5.41, 5.74) is -0.163. The maximum Gasteiger partial charge on any atom is 0.304 e. The molecule has 11 heteroatoms. The minimum Gasteiger partial charge on any atom is -0.474 e. The molecule has 1 aromatic rings. The smallest absolute Gasteiger partial charge is 0.304 e. The van der Waals surface area contributed by atoms with E-state index in [9.17, 15) is 22.0 Å². The van der Waals surface area contributed by atoms with E-state index in [0.29, 0.717) is 0 Å². The summed E-state index contributed by atoms with van der Waals surface area (Å²) < 4.78 is 60.5. The van der Waals surface area contributed by atoms with E-state index in [4.69, 9.17) is 4.74 Å². The number of nitrogens with one attached hydrogen (secondary N) is 1. The van der Waals surface area contributed by atoms with E-state index < -0.39 is 40.4 Å². The molecule has 0 bridgehead atoms. The van der Waals surface area contributed by atoms with Gasteiger partial charge in [-0.3, -0.25) is 4.79 Å². The zero-order valence-electron chi connectivity index (χ0n) is 16.0. The molecule has 0 spiro atoms. The molecule has 2 aliphatic heterocycles. The van der Waals surface area contributed by atoms with Gasteiger partial charge in [0.1, 0.15) is 12.3 Å². The number of hydrogen-bond acceptors (Lipinski definition) is 5. The van der Waals surface area contributed by atoms with E-state index in [1.807, 2.05) is 20.8 Å². The molecule has 0 unspecified atom stereocenters. The molecule has 0 aromatic carbocycles. The molecule has 28 heavy (non-hydrogen) atoms. The molecule has 0 aliphatic carbocycles. The van der Waals surface area contributed by atoms with Gasteiger partial charge in [-0.1, -0.05) is 0 Å². The van der Waals surface area contributed by atoms with Crippen LogP contribution in [0.2, 0.25) is 0 Å². The second-order valence-electron chi connectivity index (χ2n) is 7.94. The summed E-state index contributed by atoms with van der Waals surface area (Å²) in [6.07, 6.45) is 0.281. The number of alkyl halides is 2. The highest BCUT2D eigenvalue weighted by Crippen LogP contribution is 2.35. The van der Waals surface area contributed by atoms with Crippen LogP contribution in [0.25, 0.3) is 0 Å². The highest BCUT2D eigenvalue weighted by molar-refractivity contribution is 7.90. The third-order valence-corrected chi connectivity index (χ3v) is 6.40. The SMILES string of the molecule is CC(C)(C)NC(=O)c1cnc2c(c1)N(S(=O)(=O)N1CCC(F)(F)CC1)CCO2. The van der Waals surface area contributed by atoms with Gasteiger partial charge in [0.15, 0.2) is 0 Å². The van der Waals surface area contributed by atoms with Crippen molar-refractivity contribution in [3.8, 4) is 5.88 Å². The van der Waals surface area contributed by atoms with Crippen LogP contribution < -0.4 is 14.4 Å². The number of pyridine rings is 1. The monoisotopic (exact) mass is 418 g/mol. The second kappa shape index (κ2) is 7.11. The maximum absolute atomic E-state index is 13.4. The number of fused-ring (bicyclic) bond motifs is 1. The summed E-state index contributed by atoms with van der Waals surface area (Å²) in [4.78, 5) is 16.5. The molecule has 1 fully saturated rings. The number of rotatable bonds is 3. The Balaban J connectivity index is 1.89. The van der Waals surface area contributed by atoms with Gasteiger partial charge in [-0.15, -0.1) is 0 Å². The van der Waals surface area contributed by atoms with Crippen molar-refractivity contribution in [3.05, 3.63) is 17.8 Å². The zero-order valence-corrected chi connectivity index (χ0v) is 16.9. The third-order valence-electron chi connectivity index (χ3n) is 4.44. The lowest BCUT2D eigenvalue weighted by molar-refractivity contribution is -0.0412. The molecule has 156 valence electrons. The van der Waals surface area contributed by atoms with Gasteiger partial charge in [-0.2, -0.15) is 12.7 Å². The van der Waals surface area contributed by atoms with Crippen molar-refractivity contribution >= 4 is 21.8 Å². The second-order valence-corrected chi connectivity index (χ2v) is 9.79. The fraction of sp³-hybridized carbons (Fsp3) is 0.647. The highest BCUT2D eigenvalue weighted by Gasteiger charge is 2.41. The van der Waals surface area contributed by atoms with Gasteiger partial charge in [0.2, 0.25) is 5.88 Å². The van der Waals surface area contributed by atoms with Crippen LogP contribution in [0.5, 0.6) is 5.88 Å². The Morgan fingerprint density at radius 1 is 1.25 bits per heavy atom. The van der Waals surface area contributed by atoms with Crippen molar-refractivity contribution in [1.82, 2.24) is 14.6 Å². The zero-order chi connectivity index (χ0) is 20.7. The highest BCUT2D eigenvalue weighted by atomic mass is 32.2. The summed E-state index contributed by atoms with van der Waals surface area (Å²) in [7, 11) is -4.04. The van der Waals surface area contributed by atoms with Crippen molar-refractivity contribution in [2.45, 2.75) is 45.1 Å². The quantitative estimate of drug-likeness (QED) is 0.808. The van der Waals surface area contributed by atoms with Crippen LogP contribution in [0.1, 0.15) is 44.0 Å². The topological polar surface area (TPSA) is 91.8 Å². The Kier molecular flexibility index (Phi) is 5.26. The molecule has 2 aliphatic rings. The van der Waals surface area contributed by atoms with Crippen LogP contribution in [-0.2, 0) is 10.2 Å². The van der Waals surface area contributed by atoms with E-state index in [0.717, 1.165) is 8.61 Å². The van der Waals surface area contributed by atoms with Crippen LogP contribution in [-0.4, -0.2) is 61.3 Å². The first kappa shape index (κ1) is 20.7. The van der Waals surface area contributed by atoms with Crippen LogP contribution in [0, 0.1) is 0 Å². The van der Waals surface area contributed by atoms with Gasteiger partial charge in [0.25, 0.3) is 11.8 Å². The number of piperidine rings is 1. The number of amides is 1. The normalized spacial score (nSPS) is 20.2. The molecular weight excluding hydrogens is 394 g/mol. The lowest BCUT2D eigenvalue weighted by Crippen LogP contribution is -2.51. The summed E-state index contributed by atoms with van der Waals surface area (Å²) >= 11 is 0. The number of halogens is 2. The van der Waals surface area contributed by atoms with Crippen molar-refractivity contribution in [1.29, 1.82) is 0 Å². The maximum atomic E-state index is 13.4. The molecule has 8 nitrogen and oxygen atoms in total. The number of aromatic nitrogens is 1. The molecule has 3 heterocycles. The van der Waals surface area contributed by atoms with Crippen LogP contribution >= 0.6 is 0 Å². The van der Waals surface area contributed by atoms with Crippen LogP contribution in [0.4, 0.5) is 14.5 Å². The lowest BCUT2D eigenvalue weighted by atomic mass is 10.1. The molecule has 0 atom stereocenters. The third kappa shape index (κ3) is 4.35. The first-order valence-corrected chi connectivity index (χ1v) is 10.4. The molecule has 1 amide bonds. The van der Waals surface area contributed by atoms with E-state index in [1.54, 1.807) is 0 Å². The van der Waals surface area contributed by atoms with E-state index >= 15 is 0 Å². The molecule has 3 rings (SSSR count). The largest absolute Gasteiger partial charge is 0.474 e. The summed E-state index contributed by atoms with van der Waals surface area (Å²) in [5, 5.41) is 2.79. The molecule has 0 radical (unpaired) electrons. The Bertz CT molecular complexity index is 860. The van der Waals surface area contributed by atoms with Gasteiger partial charge in [-0.25, -0.2) is 18.1 Å². The average Bonchev–Trinajstić information content (AvgIpc) is 2.58. The van der Waals surface area contributed by atoms with Crippen LogP contribution in [0.15, 0.2) is 12.3 Å². The molecule has 1 N–H and O–H groups in total. The average molecular weight is 418 g/mol. The predicted molar refractivity (Wildman–Crippen MR) is 99.0 cm³/mol. The van der Waals surface area contributed by atoms with Crippen molar-refractivity contribution < 1.29 is 26.7 Å². The van der Waals surface area contributed by atoms with Gasteiger partial charge < -0.3 is 10.1 Å². The van der Waals surface area contributed by atoms with Gasteiger partial charge in [0, 0.05) is 37.7 Å². The Morgan fingerprint density at radius 3 is 2.50 bits per heavy atom. The minimum atomic E-state index is -4.04. The summed E-state index contributed by atoms with van der Waals surface area (Å²) in [6, 6.07) is 1.40. The number of anilines is 1. The first-order valence-electron chi connectivity index (χ1n) is 9.00. The predicted octanol–water partition coefficient (Wildman–Crippen LogP) is 1.78. The number of ether oxygens (including phenoxy) is 1. The Hall–Kier alpha value is -2.01. The van der Waals surface area contributed by atoms with E-state index in [2.05, 4.69) is 10.3 Å². The lowest BCUT2D eigenvalue weighted by Gasteiger charge is -2.37. The standard InChI is InChI=1S/C17H24F2N4O4S/c1-16(2,3)21-14(24)12-10-13-15(20-11-12)27-9-8-23(13)28(25,26)22-6-4-17(18,19)5-7-22/h10-11H,4-9H2,1-3H3,(H,21,24). The summed E-state index contributed by atoms with van der Waals surface area (Å²) in [5.74, 6) is -3.16. The van der Waals surface area contributed by atoms with Crippen molar-refractivity contribution in [2.75, 3.05) is 30.5 Å². The molecule has 1 aromatic heterocycles. The van der Waals surface area contributed by atoms with E-state index in [1.165, 1.54) is 12.3 Å². The number of carbonyl (C=O) groups excluding carboxylic acids is 1. The number of nitrogens with zero attached hydrogens (tertiary/aromatic N) is 3. The minimum absolute atomic E-state index is 0.00818. The molecular formula is C17H24F2N4O4S. The van der Waals surface area contributed by atoms with Crippen molar-refractivity contribution in [3.63, 3.8) is 0 Å². The fourth-order valence-corrected chi connectivity index (χ4v) is 4.64. The van der Waals surface area contributed by atoms with Crippen LogP contribution in [0.3, 0.4) is 0 Å². The number of hydrogen-bond donors (Lipinski definition) is 1. The Labute approximate surface area is 163 Å². The molecule has 1 saturated heterocycles. The first-order chi connectivity index (χ1) is 12.9. The van der Waals surface area contributed by atoms with Gasteiger partial charge >= 0.3 is 10.2 Å². The fourth-order valence-electron chi connectivity index (χ4n) is 3.04. The molecule has 0 saturated carbocycles. The van der Waals surface area contributed by atoms with Gasteiger partial charge in [0.05, 0.1) is 12.1 Å². The van der Waals surface area contributed by atoms with E-state index in [-0.39, 0.29) is 43.4 Å². The number of carbonyl (C=O) groups is 1.